The van der Waals surface area contributed by atoms with Crippen molar-refractivity contribution in [3.63, 3.8) is 0 Å². The SMILES string of the molecule is Cc1cc2c(C(=O)NCc3cc4sc(C(=O)O)cc4s3)nccn2n1. The van der Waals surface area contributed by atoms with Gasteiger partial charge in [-0.1, -0.05) is 0 Å². The smallest absolute Gasteiger partial charge is 0.345 e. The Hall–Kier alpha value is -2.78. The van der Waals surface area contributed by atoms with E-state index in [0.717, 1.165) is 20.0 Å². The normalized spacial score (nSPS) is 11.2. The molecule has 0 bridgehead atoms. The van der Waals surface area contributed by atoms with Crippen molar-refractivity contribution in [2.24, 2.45) is 0 Å². The van der Waals surface area contributed by atoms with Gasteiger partial charge in [-0.05, 0) is 25.1 Å². The number of carboxylic acids is 1. The van der Waals surface area contributed by atoms with Gasteiger partial charge in [0, 0.05) is 26.7 Å². The van der Waals surface area contributed by atoms with Crippen LogP contribution in [0.3, 0.4) is 0 Å². The number of nitrogens with zero attached hydrogens (tertiary/aromatic N) is 3. The van der Waals surface area contributed by atoms with Crippen LogP contribution in [-0.2, 0) is 6.54 Å². The van der Waals surface area contributed by atoms with Gasteiger partial charge in [-0.2, -0.15) is 5.10 Å². The Kier molecular flexibility index (Phi) is 3.74. The summed E-state index contributed by atoms with van der Waals surface area (Å²) in [7, 11) is 0. The predicted molar refractivity (Wildman–Crippen MR) is 95.6 cm³/mol. The molecule has 0 spiro atoms. The standard InChI is InChI=1S/C16H12N4O3S2/c1-8-4-10-14(17-2-3-20(10)19-8)15(21)18-7-9-5-11-12(24-9)6-13(25-11)16(22)23/h2-6H,7H2,1H3,(H,18,21)(H,22,23). The summed E-state index contributed by atoms with van der Waals surface area (Å²) in [5.74, 6) is -1.19. The van der Waals surface area contributed by atoms with Gasteiger partial charge in [0.2, 0.25) is 0 Å². The number of nitrogens with one attached hydrogen (secondary N) is 1. The van der Waals surface area contributed by atoms with E-state index in [1.54, 1.807) is 23.0 Å². The number of rotatable bonds is 4. The number of aryl methyl sites for hydroxylation is 1. The number of carbonyl (C=O) groups excluding carboxylic acids is 1. The summed E-state index contributed by atoms with van der Waals surface area (Å²) in [5, 5.41) is 16.1. The summed E-state index contributed by atoms with van der Waals surface area (Å²) >= 11 is 2.71. The van der Waals surface area contributed by atoms with Crippen LogP contribution in [0, 0.1) is 6.92 Å². The van der Waals surface area contributed by atoms with Crippen LogP contribution in [-0.4, -0.2) is 31.6 Å². The topological polar surface area (TPSA) is 96.6 Å². The van der Waals surface area contributed by atoms with Crippen LogP contribution in [0.1, 0.15) is 30.7 Å². The van der Waals surface area contributed by atoms with Crippen LogP contribution in [0.5, 0.6) is 0 Å². The fraction of sp³-hybridized carbons (Fsp3) is 0.125. The Balaban J connectivity index is 1.53. The van der Waals surface area contributed by atoms with Crippen molar-refractivity contribution >= 4 is 49.5 Å². The molecule has 7 nitrogen and oxygen atoms in total. The maximum atomic E-state index is 12.5. The fourth-order valence-electron chi connectivity index (χ4n) is 2.55. The minimum absolute atomic E-state index is 0.270. The van der Waals surface area contributed by atoms with E-state index < -0.39 is 5.97 Å². The molecule has 25 heavy (non-hydrogen) atoms. The highest BCUT2D eigenvalue weighted by Gasteiger charge is 2.15. The molecule has 4 heterocycles. The first-order valence-corrected chi connectivity index (χ1v) is 8.99. The summed E-state index contributed by atoms with van der Waals surface area (Å²) in [5.41, 5.74) is 1.81. The molecule has 0 aromatic carbocycles. The Morgan fingerprint density at radius 2 is 2.04 bits per heavy atom. The monoisotopic (exact) mass is 372 g/mol. The third-order valence-electron chi connectivity index (χ3n) is 3.62. The van der Waals surface area contributed by atoms with Crippen LogP contribution in [0.15, 0.2) is 30.6 Å². The van der Waals surface area contributed by atoms with Crippen molar-refractivity contribution in [2.45, 2.75) is 13.5 Å². The minimum atomic E-state index is -0.918. The quantitative estimate of drug-likeness (QED) is 0.574. The van der Waals surface area contributed by atoms with Gasteiger partial charge in [-0.25, -0.2) is 14.3 Å². The number of fused-ring (bicyclic) bond motifs is 2. The second kappa shape index (κ2) is 5.94. The van der Waals surface area contributed by atoms with Crippen LogP contribution in [0.2, 0.25) is 0 Å². The molecule has 0 aliphatic carbocycles. The molecule has 0 radical (unpaired) electrons. The molecule has 0 saturated carbocycles. The number of aromatic nitrogens is 3. The maximum absolute atomic E-state index is 12.5. The Bertz CT molecular complexity index is 1090. The number of carbonyl (C=O) groups is 2. The highest BCUT2D eigenvalue weighted by molar-refractivity contribution is 7.28. The lowest BCUT2D eigenvalue weighted by Crippen LogP contribution is -2.24. The van der Waals surface area contributed by atoms with Crippen molar-refractivity contribution < 1.29 is 14.7 Å². The molecule has 4 rings (SSSR count). The molecule has 9 heteroatoms. The van der Waals surface area contributed by atoms with Crippen molar-refractivity contribution in [3.8, 4) is 0 Å². The van der Waals surface area contributed by atoms with Gasteiger partial charge in [0.15, 0.2) is 5.69 Å². The first-order chi connectivity index (χ1) is 12.0. The summed E-state index contributed by atoms with van der Waals surface area (Å²) in [4.78, 5) is 28.9. The van der Waals surface area contributed by atoms with Crippen molar-refractivity contribution in [3.05, 3.63) is 51.7 Å². The Morgan fingerprint density at radius 1 is 1.24 bits per heavy atom. The number of hydrogen-bond donors (Lipinski definition) is 2. The average Bonchev–Trinajstić information content (AvgIpc) is 3.22. The van der Waals surface area contributed by atoms with E-state index in [1.165, 1.54) is 22.7 Å². The second-order valence-electron chi connectivity index (χ2n) is 5.43. The molecule has 0 atom stereocenters. The molecule has 126 valence electrons. The van der Waals surface area contributed by atoms with E-state index >= 15 is 0 Å². The van der Waals surface area contributed by atoms with E-state index in [-0.39, 0.29) is 5.91 Å². The van der Waals surface area contributed by atoms with Crippen molar-refractivity contribution in [2.75, 3.05) is 0 Å². The number of hydrogen-bond acceptors (Lipinski definition) is 6. The largest absolute Gasteiger partial charge is 0.477 e. The lowest BCUT2D eigenvalue weighted by atomic mass is 10.3. The maximum Gasteiger partial charge on any atom is 0.345 e. The molecular weight excluding hydrogens is 360 g/mol. The third kappa shape index (κ3) is 2.87. The molecule has 1 amide bonds. The van der Waals surface area contributed by atoms with E-state index in [2.05, 4.69) is 15.4 Å². The van der Waals surface area contributed by atoms with Gasteiger partial charge < -0.3 is 10.4 Å². The van der Waals surface area contributed by atoms with Crippen LogP contribution >= 0.6 is 22.7 Å². The zero-order chi connectivity index (χ0) is 17.6. The first kappa shape index (κ1) is 15.7. The summed E-state index contributed by atoms with van der Waals surface area (Å²) < 4.78 is 3.46. The highest BCUT2D eigenvalue weighted by atomic mass is 32.1. The molecule has 0 aliphatic rings. The molecule has 0 unspecified atom stereocenters. The predicted octanol–water partition coefficient (Wildman–Crippen LogP) is 2.94. The Labute approximate surface area is 149 Å². The number of carboxylic acid groups (broad SMARTS) is 1. The Morgan fingerprint density at radius 3 is 2.80 bits per heavy atom. The van der Waals surface area contributed by atoms with Crippen LogP contribution < -0.4 is 5.32 Å². The number of thiophene rings is 2. The highest BCUT2D eigenvalue weighted by Crippen LogP contribution is 2.33. The molecule has 4 aromatic rings. The molecule has 2 N–H and O–H groups in total. The lowest BCUT2D eigenvalue weighted by molar-refractivity contribution is 0.0702. The van der Waals surface area contributed by atoms with E-state index in [9.17, 15) is 9.59 Å². The van der Waals surface area contributed by atoms with Crippen molar-refractivity contribution in [1.29, 1.82) is 0 Å². The third-order valence-corrected chi connectivity index (χ3v) is 5.90. The number of amides is 1. The van der Waals surface area contributed by atoms with E-state index in [0.29, 0.717) is 22.6 Å². The van der Waals surface area contributed by atoms with Gasteiger partial charge in [-0.15, -0.1) is 22.7 Å². The second-order valence-corrected chi connectivity index (χ2v) is 7.68. The van der Waals surface area contributed by atoms with Gasteiger partial charge >= 0.3 is 5.97 Å². The zero-order valence-electron chi connectivity index (χ0n) is 13.0. The van der Waals surface area contributed by atoms with Crippen molar-refractivity contribution in [1.82, 2.24) is 19.9 Å². The van der Waals surface area contributed by atoms with Gasteiger partial charge in [0.25, 0.3) is 5.91 Å². The molecule has 0 fully saturated rings. The fourth-order valence-corrected chi connectivity index (χ4v) is 4.75. The average molecular weight is 372 g/mol. The van der Waals surface area contributed by atoms with Gasteiger partial charge in [-0.3, -0.25) is 4.79 Å². The van der Waals surface area contributed by atoms with Crippen LogP contribution in [0.25, 0.3) is 14.9 Å². The summed E-state index contributed by atoms with van der Waals surface area (Å²) in [6, 6.07) is 5.39. The van der Waals surface area contributed by atoms with Gasteiger partial charge in [0.1, 0.15) is 4.88 Å². The summed E-state index contributed by atoms with van der Waals surface area (Å²) in [6.45, 7) is 2.22. The first-order valence-electron chi connectivity index (χ1n) is 7.36. The lowest BCUT2D eigenvalue weighted by Gasteiger charge is -2.04. The van der Waals surface area contributed by atoms with Crippen LogP contribution in [0.4, 0.5) is 0 Å². The summed E-state index contributed by atoms with van der Waals surface area (Å²) in [6.07, 6.45) is 3.25. The van der Waals surface area contributed by atoms with E-state index in [1.807, 2.05) is 19.1 Å². The molecule has 0 aliphatic heterocycles. The zero-order valence-corrected chi connectivity index (χ0v) is 14.6. The van der Waals surface area contributed by atoms with Gasteiger partial charge in [0.05, 0.1) is 17.8 Å². The minimum Gasteiger partial charge on any atom is -0.477 e. The molecule has 4 aromatic heterocycles. The van der Waals surface area contributed by atoms with E-state index in [4.69, 9.17) is 5.11 Å². The molecular formula is C16H12N4O3S2. The number of aromatic carboxylic acids is 1. The molecule has 0 saturated heterocycles.